The second kappa shape index (κ2) is 44.6. The molecule has 0 saturated carbocycles. The molecular weight excluding hydrogens is 1300 g/mol. The van der Waals surface area contributed by atoms with E-state index in [0.29, 0.717) is 177 Å². The van der Waals surface area contributed by atoms with Crippen LogP contribution in [-0.4, -0.2) is 220 Å². The third-order valence-corrected chi connectivity index (χ3v) is 19.0. The molecule has 0 saturated heterocycles. The number of anilines is 2. The molecule has 0 unspecified atom stereocenters. The lowest BCUT2D eigenvalue weighted by molar-refractivity contribution is -0.401. The van der Waals surface area contributed by atoms with Crippen LogP contribution in [0.2, 0.25) is 0 Å². The number of thioether (sulfide) groups is 1. The molecule has 2 N–H and O–H groups in total. The van der Waals surface area contributed by atoms with E-state index in [-0.39, 0.29) is 54.5 Å². The highest BCUT2D eigenvalue weighted by Crippen LogP contribution is 2.47. The average molecular weight is 1410 g/mol. The van der Waals surface area contributed by atoms with Gasteiger partial charge in [-0.15, -0.1) is 11.8 Å². The van der Waals surface area contributed by atoms with Gasteiger partial charge in [0.1, 0.15) is 7.05 Å². The Labute approximate surface area is 603 Å². The number of para-hydroxylation sites is 3. The lowest BCUT2D eigenvalue weighted by atomic mass is 9.81. The van der Waals surface area contributed by atoms with Gasteiger partial charge in [0.25, 0.3) is 0 Å². The van der Waals surface area contributed by atoms with Crippen LogP contribution in [0.4, 0.5) is 17.1 Å². The van der Waals surface area contributed by atoms with Gasteiger partial charge in [-0.05, 0) is 85.7 Å². The quantitative estimate of drug-likeness (QED) is 0.0241. The molecule has 0 aromatic heterocycles. The van der Waals surface area contributed by atoms with Crippen molar-refractivity contribution in [3.63, 3.8) is 0 Å². The number of benzene rings is 4. The number of nitrogens with zero attached hydrogens (tertiary/aromatic N) is 3. The van der Waals surface area contributed by atoms with Crippen LogP contribution in [0.5, 0.6) is 0 Å². The molecule has 101 heavy (non-hydrogen) atoms. The summed E-state index contributed by atoms with van der Waals surface area (Å²) in [4.78, 5) is 44.2. The summed E-state index contributed by atoms with van der Waals surface area (Å²) in [6.07, 6.45) is 13.2. The molecule has 0 fully saturated rings. The van der Waals surface area contributed by atoms with Gasteiger partial charge in [0.2, 0.25) is 23.4 Å². The zero-order valence-corrected chi connectivity index (χ0v) is 61.3. The Hall–Kier alpha value is -6.85. The normalized spacial score (nSPS) is 15.9. The van der Waals surface area contributed by atoms with Crippen LogP contribution in [0.25, 0.3) is 0 Å². The maximum absolute atomic E-state index is 13.4. The highest BCUT2D eigenvalue weighted by Gasteiger charge is 2.43. The lowest BCUT2D eigenvalue weighted by Crippen LogP contribution is -2.35. The minimum atomic E-state index is -0.177. The van der Waals surface area contributed by atoms with Gasteiger partial charge in [-0.3, -0.25) is 14.4 Å². The van der Waals surface area contributed by atoms with Gasteiger partial charge in [0.05, 0.1) is 176 Å². The van der Waals surface area contributed by atoms with Crippen molar-refractivity contribution in [1.29, 1.82) is 0 Å². The van der Waals surface area contributed by atoms with Crippen molar-refractivity contribution in [2.45, 2.75) is 83.6 Å². The first-order chi connectivity index (χ1) is 49.3. The molecule has 3 aliphatic heterocycles. The number of hydrogen-bond acceptors (Lipinski definition) is 17. The molecule has 1 aliphatic carbocycles. The lowest BCUT2D eigenvalue weighted by Gasteiger charge is -2.26. The number of ether oxygens (including phenoxy) is 12. The Morgan fingerprint density at radius 1 is 0.495 bits per heavy atom. The Morgan fingerprint density at radius 3 is 1.52 bits per heavy atom. The highest BCUT2D eigenvalue weighted by molar-refractivity contribution is 8.03. The molecule has 4 aliphatic rings. The largest absolute Gasteiger partial charge is 0.379 e. The first-order valence-corrected chi connectivity index (χ1v) is 36.8. The number of amides is 3. The van der Waals surface area contributed by atoms with Crippen LogP contribution >= 0.6 is 11.8 Å². The summed E-state index contributed by atoms with van der Waals surface area (Å²) in [5.74, 6) is 6.86. The summed E-state index contributed by atoms with van der Waals surface area (Å²) in [5.41, 5.74) is 13.6. The molecule has 0 radical (unpaired) electrons. The molecule has 548 valence electrons. The van der Waals surface area contributed by atoms with Gasteiger partial charge in [-0.2, -0.15) is 4.58 Å². The first kappa shape index (κ1) is 79.8. The summed E-state index contributed by atoms with van der Waals surface area (Å²) < 4.78 is 69.5. The topological polar surface area (TPSA) is 196 Å². The first-order valence-electron chi connectivity index (χ1n) is 35.8. The molecule has 21 heteroatoms. The zero-order chi connectivity index (χ0) is 71.2. The van der Waals surface area contributed by atoms with Crippen molar-refractivity contribution >= 4 is 52.3 Å². The molecule has 8 rings (SSSR count). The fourth-order valence-electron chi connectivity index (χ4n) is 12.4. The smallest absolute Gasteiger partial charge is 0.229 e. The van der Waals surface area contributed by atoms with Crippen molar-refractivity contribution in [2.75, 3.05) is 201 Å². The zero-order valence-electron chi connectivity index (χ0n) is 60.5. The van der Waals surface area contributed by atoms with Crippen LogP contribution in [0.15, 0.2) is 143 Å². The fraction of sp³-hybridized carbons (Fsp3) is 0.525. The summed E-state index contributed by atoms with van der Waals surface area (Å²) >= 11 is 1.80. The van der Waals surface area contributed by atoms with Gasteiger partial charge in [-0.1, -0.05) is 105 Å². The van der Waals surface area contributed by atoms with E-state index < -0.39 is 0 Å². The predicted molar refractivity (Wildman–Crippen MR) is 397 cm³/mol. The minimum absolute atomic E-state index is 0.0182. The Kier molecular flexibility index (Phi) is 35.3. The number of fused-ring (bicyclic) bond motifs is 4. The second-order valence-corrected chi connectivity index (χ2v) is 26.7. The number of likely N-dealkylation sites (N-methyl/N-ethyl adjacent to an activating group) is 1. The molecule has 4 aromatic carbocycles. The Bertz CT molecular complexity index is 3460. The van der Waals surface area contributed by atoms with Crippen LogP contribution in [0.3, 0.4) is 0 Å². The third-order valence-electron chi connectivity index (χ3n) is 17.8. The van der Waals surface area contributed by atoms with E-state index in [1.165, 1.54) is 50.0 Å². The molecule has 3 heterocycles. The highest BCUT2D eigenvalue weighted by atomic mass is 32.2. The van der Waals surface area contributed by atoms with E-state index in [0.717, 1.165) is 41.6 Å². The van der Waals surface area contributed by atoms with E-state index in [4.69, 9.17) is 56.8 Å². The molecule has 0 bridgehead atoms. The van der Waals surface area contributed by atoms with E-state index in [9.17, 15) is 14.4 Å². The second-order valence-electron chi connectivity index (χ2n) is 25.6. The predicted octanol–water partition coefficient (Wildman–Crippen LogP) is 10.2. The maximum atomic E-state index is 13.4. The summed E-state index contributed by atoms with van der Waals surface area (Å²) in [6.45, 7) is 20.8. The van der Waals surface area contributed by atoms with Crippen molar-refractivity contribution in [3.05, 3.63) is 171 Å². The molecule has 0 atom stereocenters. The number of carbonyl (C=O) groups is 3. The number of hydrogen-bond donors (Lipinski definition) is 2. The minimum Gasteiger partial charge on any atom is -0.379 e. The van der Waals surface area contributed by atoms with Gasteiger partial charge < -0.3 is 77.3 Å². The standard InChI is InChI=1S/C80H107N5O15S/c1-79(2)68-21-10-13-24-71(68)83(5)73(79)30-28-65-19-15-20-66(29-31-74-80(3,4)69-22-11-14-25-72(69)84(74)6)78(65)101-61-34-76(87)82-36-38-90-40-42-92-44-46-94-48-50-96-52-54-98-56-58-100-60-59-99-57-55-97-53-51-95-49-47-93-45-43-91-41-39-89-37-33-75(86)81-35-32-77(88)85-62-67-18-8-7-16-63(67)26-27-64-17-9-12-23-70(64)85/h7-14,16-18,21-25,28-31H,15,19-20,32-62H2,1-6H3,(H-,81,82,86,87)/p+1. The van der Waals surface area contributed by atoms with Gasteiger partial charge >= 0.3 is 0 Å². The van der Waals surface area contributed by atoms with Gasteiger partial charge in [0.15, 0.2) is 5.71 Å². The number of carbonyl (C=O) groups excluding carboxylic acids is 3. The van der Waals surface area contributed by atoms with Crippen LogP contribution < -0.4 is 20.4 Å². The molecule has 3 amide bonds. The van der Waals surface area contributed by atoms with Crippen LogP contribution in [0.1, 0.15) is 94.0 Å². The van der Waals surface area contributed by atoms with E-state index in [1.807, 2.05) is 48.5 Å². The van der Waals surface area contributed by atoms with Crippen molar-refractivity contribution < 1.29 is 75.8 Å². The monoisotopic (exact) mass is 1410 g/mol. The maximum Gasteiger partial charge on any atom is 0.229 e. The van der Waals surface area contributed by atoms with Gasteiger partial charge in [0, 0.05) is 95.7 Å². The van der Waals surface area contributed by atoms with Crippen molar-refractivity contribution in [3.8, 4) is 11.8 Å². The Balaban J connectivity index is 0.529. The summed E-state index contributed by atoms with van der Waals surface area (Å²) in [6, 6.07) is 32.9. The van der Waals surface area contributed by atoms with Crippen molar-refractivity contribution in [2.24, 2.45) is 0 Å². The molecule has 0 spiro atoms. The number of nitrogens with one attached hydrogen (secondary N) is 2. The van der Waals surface area contributed by atoms with Crippen LogP contribution in [-0.2, 0) is 88.6 Å². The molecule has 4 aromatic rings. The van der Waals surface area contributed by atoms with E-state index in [2.05, 4.69) is 147 Å². The van der Waals surface area contributed by atoms with Crippen LogP contribution in [0, 0.1) is 11.8 Å². The average Bonchev–Trinajstić information content (AvgIpc) is 1.62. The molecular formula is C80H108N5O15S+. The van der Waals surface area contributed by atoms with E-state index in [1.54, 1.807) is 16.7 Å². The Morgan fingerprint density at radius 2 is 0.960 bits per heavy atom. The number of rotatable bonds is 49. The van der Waals surface area contributed by atoms with Crippen molar-refractivity contribution in [1.82, 2.24) is 10.6 Å². The fourth-order valence-corrected chi connectivity index (χ4v) is 13.6. The van der Waals surface area contributed by atoms with Gasteiger partial charge in [-0.25, -0.2) is 0 Å². The summed E-state index contributed by atoms with van der Waals surface area (Å²) in [5, 5.41) is 5.87. The van der Waals surface area contributed by atoms with E-state index >= 15 is 0 Å². The SMILES string of the molecule is CN1/C(=C/C=C2\CCCC(/C=C/C3=[N+](C)c4ccccc4C3(C)C)=C2SCCC(=O)NCCOCCOCCOCCOCCOCCOCCOCCOCCOCCOCCOCCOCCC(=O)NCCC(=O)N2Cc3ccccc3C#Cc3ccccc32)C(C)(C)c2ccccc21. The third kappa shape index (κ3) is 26.1. The summed E-state index contributed by atoms with van der Waals surface area (Å²) in [7, 11) is 4.34. The number of allylic oxidation sites excluding steroid dienone is 7. The molecule has 20 nitrogen and oxygen atoms in total.